The molecule has 0 spiro atoms. The number of nitrogens with one attached hydrogen (secondary N) is 1. The van der Waals surface area contributed by atoms with Gasteiger partial charge in [-0.1, -0.05) is 0 Å². The fourth-order valence-electron chi connectivity index (χ4n) is 1.62. The number of nitrogen functional groups attached to an aromatic ring is 1. The molecule has 1 aromatic heterocycles. The van der Waals surface area contributed by atoms with Crippen molar-refractivity contribution in [1.29, 1.82) is 0 Å². The number of anilines is 2. The molecular formula is C12H14N4O2. The molecule has 0 saturated carbocycles. The number of carboxylic acid groups (broad SMARTS) is 1. The predicted molar refractivity (Wildman–Crippen MR) is 68.3 cm³/mol. The summed E-state index contributed by atoms with van der Waals surface area (Å²) in [5, 5.41) is 16.2. The van der Waals surface area contributed by atoms with Gasteiger partial charge >= 0.3 is 5.97 Å². The number of carbonyl (C=O) groups is 1. The number of aromatic nitrogens is 2. The topological polar surface area (TPSA) is 93.2 Å². The number of benzene rings is 1. The third-order valence-electron chi connectivity index (χ3n) is 2.52. The van der Waals surface area contributed by atoms with Gasteiger partial charge in [0.25, 0.3) is 0 Å². The van der Waals surface area contributed by atoms with Crippen molar-refractivity contribution in [2.75, 3.05) is 11.1 Å². The van der Waals surface area contributed by atoms with E-state index in [4.69, 9.17) is 10.8 Å². The first-order valence-electron chi connectivity index (χ1n) is 5.41. The zero-order valence-electron chi connectivity index (χ0n) is 9.92. The summed E-state index contributed by atoms with van der Waals surface area (Å²) < 4.78 is 1.72. The molecule has 1 heterocycles. The minimum absolute atomic E-state index is 0.110. The number of aromatic carboxylic acids is 1. The molecule has 0 aliphatic heterocycles. The van der Waals surface area contributed by atoms with Crippen molar-refractivity contribution in [3.63, 3.8) is 0 Å². The number of aryl methyl sites for hydroxylation is 1. The lowest BCUT2D eigenvalue weighted by molar-refractivity contribution is 0.0698. The minimum Gasteiger partial charge on any atom is -0.478 e. The molecular weight excluding hydrogens is 232 g/mol. The van der Waals surface area contributed by atoms with Gasteiger partial charge < -0.3 is 16.2 Å². The van der Waals surface area contributed by atoms with Crippen LogP contribution in [-0.2, 0) is 13.6 Å². The Morgan fingerprint density at radius 1 is 1.50 bits per heavy atom. The van der Waals surface area contributed by atoms with Crippen molar-refractivity contribution in [3.05, 3.63) is 41.7 Å². The molecule has 0 radical (unpaired) electrons. The van der Waals surface area contributed by atoms with Crippen molar-refractivity contribution in [2.24, 2.45) is 7.05 Å². The molecule has 2 rings (SSSR count). The smallest absolute Gasteiger partial charge is 0.337 e. The Morgan fingerprint density at radius 3 is 2.83 bits per heavy atom. The molecule has 0 atom stereocenters. The monoisotopic (exact) mass is 246 g/mol. The summed E-state index contributed by atoms with van der Waals surface area (Å²) in [6, 6.07) is 6.68. The maximum Gasteiger partial charge on any atom is 0.337 e. The van der Waals surface area contributed by atoms with Crippen LogP contribution in [0.5, 0.6) is 0 Å². The van der Waals surface area contributed by atoms with Crippen LogP contribution >= 0.6 is 0 Å². The molecule has 0 saturated heterocycles. The zero-order valence-corrected chi connectivity index (χ0v) is 9.92. The van der Waals surface area contributed by atoms with Gasteiger partial charge in [0.2, 0.25) is 0 Å². The quantitative estimate of drug-likeness (QED) is 0.707. The highest BCUT2D eigenvalue weighted by atomic mass is 16.4. The highest BCUT2D eigenvalue weighted by Crippen LogP contribution is 2.18. The molecule has 6 heteroatoms. The number of hydrogen-bond donors (Lipinski definition) is 3. The van der Waals surface area contributed by atoms with E-state index in [0.717, 1.165) is 11.4 Å². The van der Waals surface area contributed by atoms with Gasteiger partial charge in [-0.25, -0.2) is 4.79 Å². The standard InChI is InChI=1S/C12H14N4O2/c1-16-5-4-9(15-16)7-14-8-2-3-10(12(17)18)11(13)6-8/h2-6,14H,7,13H2,1H3,(H,17,18). The second-order valence-electron chi connectivity index (χ2n) is 3.94. The molecule has 18 heavy (non-hydrogen) atoms. The van der Waals surface area contributed by atoms with E-state index >= 15 is 0 Å². The third kappa shape index (κ3) is 2.60. The SMILES string of the molecule is Cn1ccc(CNc2ccc(C(=O)O)c(N)c2)n1. The van der Waals surface area contributed by atoms with E-state index in [1.165, 1.54) is 6.07 Å². The molecule has 94 valence electrons. The summed E-state index contributed by atoms with van der Waals surface area (Å²) in [4.78, 5) is 10.8. The van der Waals surface area contributed by atoms with E-state index in [0.29, 0.717) is 6.54 Å². The van der Waals surface area contributed by atoms with E-state index < -0.39 is 5.97 Å². The van der Waals surface area contributed by atoms with Gasteiger partial charge in [-0.2, -0.15) is 5.10 Å². The lowest BCUT2D eigenvalue weighted by Gasteiger charge is -2.07. The lowest BCUT2D eigenvalue weighted by Crippen LogP contribution is -2.05. The molecule has 0 aliphatic carbocycles. The van der Waals surface area contributed by atoms with Crippen LogP contribution in [0.3, 0.4) is 0 Å². The summed E-state index contributed by atoms with van der Waals surface area (Å²) in [6.07, 6.45) is 1.86. The molecule has 0 amide bonds. The largest absolute Gasteiger partial charge is 0.478 e. The fourth-order valence-corrected chi connectivity index (χ4v) is 1.62. The predicted octanol–water partition coefficient (Wildman–Crippen LogP) is 1.31. The van der Waals surface area contributed by atoms with Crippen LogP contribution in [-0.4, -0.2) is 20.9 Å². The molecule has 0 aliphatic rings. The zero-order chi connectivity index (χ0) is 13.1. The Kier molecular flexibility index (Phi) is 3.18. The van der Waals surface area contributed by atoms with Gasteiger partial charge in [0.05, 0.1) is 17.8 Å². The summed E-state index contributed by atoms with van der Waals surface area (Å²) in [5.41, 5.74) is 7.68. The second-order valence-corrected chi connectivity index (χ2v) is 3.94. The molecule has 0 unspecified atom stereocenters. The maximum atomic E-state index is 10.8. The van der Waals surface area contributed by atoms with Crippen LogP contribution in [0.2, 0.25) is 0 Å². The summed E-state index contributed by atoms with van der Waals surface area (Å²) in [6.45, 7) is 0.562. The molecule has 0 bridgehead atoms. The van der Waals surface area contributed by atoms with Crippen LogP contribution in [0, 0.1) is 0 Å². The van der Waals surface area contributed by atoms with Crippen molar-refractivity contribution >= 4 is 17.3 Å². The van der Waals surface area contributed by atoms with E-state index in [1.807, 2.05) is 19.3 Å². The highest BCUT2D eigenvalue weighted by molar-refractivity contribution is 5.94. The molecule has 4 N–H and O–H groups in total. The van der Waals surface area contributed by atoms with Gasteiger partial charge in [-0.15, -0.1) is 0 Å². The van der Waals surface area contributed by atoms with E-state index in [-0.39, 0.29) is 11.3 Å². The van der Waals surface area contributed by atoms with Crippen LogP contribution < -0.4 is 11.1 Å². The van der Waals surface area contributed by atoms with Crippen LogP contribution in [0.1, 0.15) is 16.1 Å². The Balaban J connectivity index is 2.06. The van der Waals surface area contributed by atoms with E-state index in [2.05, 4.69) is 10.4 Å². The minimum atomic E-state index is -1.02. The second kappa shape index (κ2) is 4.79. The Hall–Kier alpha value is -2.50. The van der Waals surface area contributed by atoms with Gasteiger partial charge in [0.1, 0.15) is 0 Å². The summed E-state index contributed by atoms with van der Waals surface area (Å²) in [7, 11) is 1.85. The first-order valence-corrected chi connectivity index (χ1v) is 5.41. The van der Waals surface area contributed by atoms with Crippen molar-refractivity contribution in [2.45, 2.75) is 6.54 Å². The number of rotatable bonds is 4. The summed E-state index contributed by atoms with van der Waals surface area (Å²) >= 11 is 0. The number of nitrogens with zero attached hydrogens (tertiary/aromatic N) is 2. The average molecular weight is 246 g/mol. The maximum absolute atomic E-state index is 10.8. The van der Waals surface area contributed by atoms with Crippen molar-refractivity contribution in [3.8, 4) is 0 Å². The normalized spacial score (nSPS) is 10.3. The Morgan fingerprint density at radius 2 is 2.28 bits per heavy atom. The highest BCUT2D eigenvalue weighted by Gasteiger charge is 2.07. The third-order valence-corrected chi connectivity index (χ3v) is 2.52. The van der Waals surface area contributed by atoms with Crippen molar-refractivity contribution in [1.82, 2.24) is 9.78 Å². The fraction of sp³-hybridized carbons (Fsp3) is 0.167. The van der Waals surface area contributed by atoms with Crippen LogP contribution in [0.15, 0.2) is 30.5 Å². The van der Waals surface area contributed by atoms with Crippen molar-refractivity contribution < 1.29 is 9.90 Å². The molecule has 0 fully saturated rings. The van der Waals surface area contributed by atoms with Gasteiger partial charge in [-0.3, -0.25) is 4.68 Å². The van der Waals surface area contributed by atoms with Crippen LogP contribution in [0.25, 0.3) is 0 Å². The van der Waals surface area contributed by atoms with E-state index in [9.17, 15) is 4.79 Å². The molecule has 1 aromatic carbocycles. The molecule has 6 nitrogen and oxygen atoms in total. The lowest BCUT2D eigenvalue weighted by atomic mass is 10.1. The van der Waals surface area contributed by atoms with Crippen LogP contribution in [0.4, 0.5) is 11.4 Å². The average Bonchev–Trinajstić information content (AvgIpc) is 2.72. The van der Waals surface area contributed by atoms with Gasteiger partial charge in [0.15, 0.2) is 0 Å². The molecule has 2 aromatic rings. The van der Waals surface area contributed by atoms with Gasteiger partial charge in [0, 0.05) is 24.6 Å². The van der Waals surface area contributed by atoms with E-state index in [1.54, 1.807) is 16.8 Å². The number of hydrogen-bond acceptors (Lipinski definition) is 4. The first-order chi connectivity index (χ1) is 8.56. The number of carboxylic acids is 1. The van der Waals surface area contributed by atoms with Gasteiger partial charge in [-0.05, 0) is 24.3 Å². The number of nitrogens with two attached hydrogens (primary N) is 1. The Bertz CT molecular complexity index is 577. The first kappa shape index (κ1) is 12.0. The summed E-state index contributed by atoms with van der Waals surface area (Å²) in [5.74, 6) is -1.02. The Labute approximate surface area is 104 Å².